The summed E-state index contributed by atoms with van der Waals surface area (Å²) in [5.41, 5.74) is 3.92. The van der Waals surface area contributed by atoms with E-state index in [9.17, 15) is 17.2 Å². The van der Waals surface area contributed by atoms with Gasteiger partial charge >= 0.3 is 0 Å². The number of sulfone groups is 1. The van der Waals surface area contributed by atoms with Gasteiger partial charge in [0.15, 0.2) is 14.9 Å². The van der Waals surface area contributed by atoms with Crippen molar-refractivity contribution in [3.05, 3.63) is 65.0 Å². The SMILES string of the molecule is Cc1cc(S(C)(=O)=O)ncc1N1CCc2[nH]c(-c3c(F)cccc3F)cc2C1C. The molecule has 8 heteroatoms. The highest BCUT2D eigenvalue weighted by molar-refractivity contribution is 7.90. The molecule has 0 saturated carbocycles. The van der Waals surface area contributed by atoms with Crippen LogP contribution in [0.3, 0.4) is 0 Å². The van der Waals surface area contributed by atoms with Crippen molar-refractivity contribution in [3.8, 4) is 11.3 Å². The summed E-state index contributed by atoms with van der Waals surface area (Å²) in [5.74, 6) is -1.21. The Morgan fingerprint density at radius 2 is 1.90 bits per heavy atom. The molecule has 2 aromatic heterocycles. The third kappa shape index (κ3) is 3.42. The Hall–Kier alpha value is -2.74. The number of aryl methyl sites for hydroxylation is 1. The second-order valence-electron chi connectivity index (χ2n) is 7.41. The molecule has 1 unspecified atom stereocenters. The highest BCUT2D eigenvalue weighted by Crippen LogP contribution is 2.38. The van der Waals surface area contributed by atoms with Gasteiger partial charge in [0.05, 0.1) is 29.2 Å². The normalized spacial score (nSPS) is 16.7. The number of benzene rings is 1. The zero-order valence-corrected chi connectivity index (χ0v) is 17.1. The maximum absolute atomic E-state index is 14.2. The lowest BCUT2D eigenvalue weighted by Crippen LogP contribution is -2.34. The van der Waals surface area contributed by atoms with Crippen molar-refractivity contribution in [3.63, 3.8) is 0 Å². The molecule has 0 spiro atoms. The predicted molar refractivity (Wildman–Crippen MR) is 108 cm³/mol. The Morgan fingerprint density at radius 3 is 2.52 bits per heavy atom. The van der Waals surface area contributed by atoms with E-state index in [1.54, 1.807) is 18.3 Å². The molecular weight excluding hydrogens is 396 g/mol. The fourth-order valence-corrected chi connectivity index (χ4v) is 4.57. The van der Waals surface area contributed by atoms with Crippen molar-refractivity contribution in [2.45, 2.75) is 31.3 Å². The van der Waals surface area contributed by atoms with Gasteiger partial charge in [-0.1, -0.05) is 6.07 Å². The molecule has 3 heterocycles. The van der Waals surface area contributed by atoms with Crippen LogP contribution < -0.4 is 4.90 Å². The number of halogens is 2. The van der Waals surface area contributed by atoms with Crippen LogP contribution in [0.5, 0.6) is 0 Å². The van der Waals surface area contributed by atoms with Crippen molar-refractivity contribution in [1.29, 1.82) is 0 Å². The lowest BCUT2D eigenvalue weighted by Gasteiger charge is -2.36. The summed E-state index contributed by atoms with van der Waals surface area (Å²) >= 11 is 0. The third-order valence-corrected chi connectivity index (χ3v) is 6.42. The average molecular weight is 417 g/mol. The number of nitrogens with zero attached hydrogens (tertiary/aromatic N) is 2. The summed E-state index contributed by atoms with van der Waals surface area (Å²) in [6.07, 6.45) is 3.38. The molecule has 152 valence electrons. The molecule has 0 bridgehead atoms. The minimum absolute atomic E-state index is 0.0445. The van der Waals surface area contributed by atoms with Crippen molar-refractivity contribution in [1.82, 2.24) is 9.97 Å². The zero-order valence-electron chi connectivity index (χ0n) is 16.3. The molecule has 1 aliphatic rings. The predicted octanol–water partition coefficient (Wildman–Crippen LogP) is 4.19. The molecule has 3 aromatic rings. The highest BCUT2D eigenvalue weighted by Gasteiger charge is 2.28. The Morgan fingerprint density at radius 1 is 1.21 bits per heavy atom. The molecule has 5 nitrogen and oxygen atoms in total. The monoisotopic (exact) mass is 417 g/mol. The van der Waals surface area contributed by atoms with Crippen LogP contribution in [0.2, 0.25) is 0 Å². The number of rotatable bonds is 3. The van der Waals surface area contributed by atoms with E-state index in [1.807, 2.05) is 13.8 Å². The van der Waals surface area contributed by atoms with Crippen LogP contribution in [-0.4, -0.2) is 31.2 Å². The number of pyridine rings is 1. The van der Waals surface area contributed by atoms with Crippen molar-refractivity contribution in [2.24, 2.45) is 0 Å². The molecule has 1 N–H and O–H groups in total. The standard InChI is InChI=1S/C21H21F2N3O2S/c1-12-9-20(29(3,27)28)24-11-19(12)26-8-7-17-14(13(26)2)10-18(25-17)21-15(22)5-4-6-16(21)23/h4-6,9-11,13,25H,7-8H2,1-3H3. The number of aromatic amines is 1. The first-order valence-electron chi connectivity index (χ1n) is 9.26. The molecule has 29 heavy (non-hydrogen) atoms. The Bertz CT molecular complexity index is 1180. The topological polar surface area (TPSA) is 66.1 Å². The Labute approximate surface area is 168 Å². The van der Waals surface area contributed by atoms with E-state index < -0.39 is 21.5 Å². The largest absolute Gasteiger partial charge is 0.363 e. The second-order valence-corrected chi connectivity index (χ2v) is 9.38. The van der Waals surface area contributed by atoms with Gasteiger partial charge in [-0.25, -0.2) is 22.2 Å². The van der Waals surface area contributed by atoms with E-state index in [1.165, 1.54) is 18.2 Å². The van der Waals surface area contributed by atoms with E-state index in [4.69, 9.17) is 0 Å². The van der Waals surface area contributed by atoms with E-state index >= 15 is 0 Å². The van der Waals surface area contributed by atoms with Gasteiger partial charge in [0, 0.05) is 24.9 Å². The fraction of sp³-hybridized carbons (Fsp3) is 0.286. The molecule has 0 aliphatic carbocycles. The van der Waals surface area contributed by atoms with Crippen LogP contribution in [0.1, 0.15) is 29.8 Å². The maximum atomic E-state index is 14.2. The summed E-state index contributed by atoms with van der Waals surface area (Å²) < 4.78 is 51.9. The van der Waals surface area contributed by atoms with Crippen molar-refractivity contribution in [2.75, 3.05) is 17.7 Å². The highest BCUT2D eigenvalue weighted by atomic mass is 32.2. The van der Waals surface area contributed by atoms with Crippen LogP contribution in [0.25, 0.3) is 11.3 Å². The van der Waals surface area contributed by atoms with Gasteiger partial charge in [-0.2, -0.15) is 0 Å². The molecule has 0 fully saturated rings. The van der Waals surface area contributed by atoms with E-state index in [0.29, 0.717) is 18.7 Å². The molecule has 0 radical (unpaired) electrons. The van der Waals surface area contributed by atoms with Crippen LogP contribution in [-0.2, 0) is 16.3 Å². The van der Waals surface area contributed by atoms with Gasteiger partial charge in [-0.3, -0.25) is 0 Å². The summed E-state index contributed by atoms with van der Waals surface area (Å²) in [7, 11) is -3.38. The molecule has 4 rings (SSSR count). The Balaban J connectivity index is 1.71. The van der Waals surface area contributed by atoms with Gasteiger partial charge < -0.3 is 9.88 Å². The number of nitrogens with one attached hydrogen (secondary N) is 1. The lowest BCUT2D eigenvalue weighted by molar-refractivity contribution is 0.588. The molecule has 1 atom stereocenters. The molecular formula is C21H21F2N3O2S. The van der Waals surface area contributed by atoms with Gasteiger partial charge in [0.2, 0.25) is 0 Å². The average Bonchev–Trinajstić information content (AvgIpc) is 3.06. The minimum Gasteiger partial charge on any atom is -0.363 e. The van der Waals surface area contributed by atoms with Gasteiger partial charge in [0.1, 0.15) is 11.6 Å². The number of H-pyrrole nitrogens is 1. The summed E-state index contributed by atoms with van der Waals surface area (Å²) in [6, 6.07) is 7.13. The first kappa shape index (κ1) is 19.6. The number of hydrogen-bond acceptors (Lipinski definition) is 4. The smallest absolute Gasteiger partial charge is 0.192 e. The van der Waals surface area contributed by atoms with Crippen molar-refractivity contribution >= 4 is 15.5 Å². The van der Waals surface area contributed by atoms with E-state index in [2.05, 4.69) is 14.9 Å². The lowest BCUT2D eigenvalue weighted by atomic mass is 9.98. The van der Waals surface area contributed by atoms with Crippen LogP contribution in [0.4, 0.5) is 14.5 Å². The number of anilines is 1. The van der Waals surface area contributed by atoms with E-state index in [-0.39, 0.29) is 16.6 Å². The zero-order chi connectivity index (χ0) is 20.9. The molecule has 1 aromatic carbocycles. The summed E-state index contributed by atoms with van der Waals surface area (Å²) in [5, 5.41) is 0.0445. The number of fused-ring (bicyclic) bond motifs is 1. The van der Waals surface area contributed by atoms with E-state index in [0.717, 1.165) is 28.8 Å². The quantitative estimate of drug-likeness (QED) is 0.694. The first-order valence-corrected chi connectivity index (χ1v) is 11.2. The molecule has 0 saturated heterocycles. The fourth-order valence-electron chi connectivity index (χ4n) is 3.93. The second kappa shape index (κ2) is 6.95. The van der Waals surface area contributed by atoms with Crippen LogP contribution in [0, 0.1) is 18.6 Å². The first-order chi connectivity index (χ1) is 13.7. The van der Waals surface area contributed by atoms with Gasteiger partial charge in [-0.05, 0) is 49.2 Å². The summed E-state index contributed by atoms with van der Waals surface area (Å²) in [4.78, 5) is 9.42. The number of hydrogen-bond donors (Lipinski definition) is 1. The van der Waals surface area contributed by atoms with Gasteiger partial charge in [0.25, 0.3) is 0 Å². The molecule has 1 aliphatic heterocycles. The summed E-state index contributed by atoms with van der Waals surface area (Å²) in [6.45, 7) is 4.54. The third-order valence-electron chi connectivity index (χ3n) is 5.43. The molecule has 0 amide bonds. The van der Waals surface area contributed by atoms with Crippen LogP contribution >= 0.6 is 0 Å². The Kier molecular flexibility index (Phi) is 4.69. The maximum Gasteiger partial charge on any atom is 0.192 e. The number of aromatic nitrogens is 2. The minimum atomic E-state index is -3.38. The van der Waals surface area contributed by atoms with Crippen LogP contribution in [0.15, 0.2) is 41.6 Å². The van der Waals surface area contributed by atoms with Gasteiger partial charge in [-0.15, -0.1) is 0 Å². The van der Waals surface area contributed by atoms with Crippen molar-refractivity contribution < 1.29 is 17.2 Å².